The lowest BCUT2D eigenvalue weighted by molar-refractivity contribution is 0.102. The molecule has 0 bridgehead atoms. The molecule has 0 spiro atoms. The fourth-order valence-corrected chi connectivity index (χ4v) is 4.37. The number of para-hydroxylation sites is 1. The zero-order chi connectivity index (χ0) is 23.3. The summed E-state index contributed by atoms with van der Waals surface area (Å²) >= 11 is 0. The third kappa shape index (κ3) is 5.29. The average molecular weight is 453 g/mol. The van der Waals surface area contributed by atoms with Gasteiger partial charge < -0.3 is 10.1 Å². The predicted octanol–water partition coefficient (Wildman–Crippen LogP) is 4.92. The lowest BCUT2D eigenvalue weighted by Crippen LogP contribution is -2.32. The molecular formula is C25H28N2O4S. The molecule has 0 atom stereocenters. The average Bonchev–Trinajstić information content (AvgIpc) is 2.80. The number of methoxy groups -OCH3 is 1. The molecule has 32 heavy (non-hydrogen) atoms. The lowest BCUT2D eigenvalue weighted by Gasteiger charge is -2.25. The number of carbonyl (C=O) groups excluding carboxylic acids is 1. The van der Waals surface area contributed by atoms with Crippen molar-refractivity contribution in [2.24, 2.45) is 0 Å². The van der Waals surface area contributed by atoms with Crippen LogP contribution in [0.5, 0.6) is 5.75 Å². The summed E-state index contributed by atoms with van der Waals surface area (Å²) in [5, 5.41) is 2.85. The number of hydrogen-bond acceptors (Lipinski definition) is 4. The third-order valence-electron chi connectivity index (χ3n) is 5.37. The van der Waals surface area contributed by atoms with Crippen molar-refractivity contribution in [1.82, 2.24) is 0 Å². The van der Waals surface area contributed by atoms with Gasteiger partial charge in [0.1, 0.15) is 5.75 Å². The highest BCUT2D eigenvalue weighted by molar-refractivity contribution is 7.92. The first-order valence-corrected chi connectivity index (χ1v) is 12.0. The van der Waals surface area contributed by atoms with Crippen LogP contribution in [-0.2, 0) is 16.6 Å². The fraction of sp³-hybridized carbons (Fsp3) is 0.240. The van der Waals surface area contributed by atoms with Gasteiger partial charge in [-0.1, -0.05) is 30.3 Å². The second-order valence-corrected chi connectivity index (χ2v) is 9.71. The summed E-state index contributed by atoms with van der Waals surface area (Å²) in [6.07, 6.45) is 0. The Morgan fingerprint density at radius 3 is 2.28 bits per heavy atom. The Morgan fingerprint density at radius 2 is 1.66 bits per heavy atom. The predicted molar refractivity (Wildman–Crippen MR) is 129 cm³/mol. The molecule has 1 amide bonds. The summed E-state index contributed by atoms with van der Waals surface area (Å²) < 4.78 is 32.3. The zero-order valence-electron chi connectivity index (χ0n) is 18.8. The smallest absolute Gasteiger partial charge is 0.259 e. The molecule has 0 unspecified atom stereocenters. The molecule has 7 heteroatoms. The van der Waals surface area contributed by atoms with Gasteiger partial charge in [0.25, 0.3) is 5.91 Å². The molecule has 168 valence electrons. The molecule has 0 aliphatic rings. The topological polar surface area (TPSA) is 75.7 Å². The van der Waals surface area contributed by atoms with Crippen LogP contribution in [0.1, 0.15) is 34.0 Å². The van der Waals surface area contributed by atoms with Crippen molar-refractivity contribution in [3.63, 3.8) is 0 Å². The third-order valence-corrected chi connectivity index (χ3v) is 7.11. The van der Waals surface area contributed by atoms with Gasteiger partial charge in [0, 0.05) is 5.69 Å². The van der Waals surface area contributed by atoms with Crippen LogP contribution in [0, 0.1) is 13.8 Å². The number of sulfonamides is 1. The summed E-state index contributed by atoms with van der Waals surface area (Å²) in [6, 6.07) is 19.8. The van der Waals surface area contributed by atoms with Crippen LogP contribution < -0.4 is 14.4 Å². The van der Waals surface area contributed by atoms with Crippen molar-refractivity contribution in [3.05, 3.63) is 89.0 Å². The number of rotatable bonds is 8. The van der Waals surface area contributed by atoms with E-state index >= 15 is 0 Å². The Morgan fingerprint density at radius 1 is 0.969 bits per heavy atom. The highest BCUT2D eigenvalue weighted by atomic mass is 32.2. The highest BCUT2D eigenvalue weighted by Gasteiger charge is 2.21. The van der Waals surface area contributed by atoms with Gasteiger partial charge >= 0.3 is 0 Å². The molecule has 0 fully saturated rings. The van der Waals surface area contributed by atoms with Crippen molar-refractivity contribution >= 4 is 27.3 Å². The number of hydrogen-bond donors (Lipinski definition) is 1. The molecule has 3 rings (SSSR count). The maximum absolute atomic E-state index is 12.8. The molecule has 0 heterocycles. The van der Waals surface area contributed by atoms with Crippen LogP contribution in [0.3, 0.4) is 0 Å². The van der Waals surface area contributed by atoms with E-state index in [1.807, 2.05) is 44.2 Å². The van der Waals surface area contributed by atoms with E-state index in [0.717, 1.165) is 16.7 Å². The van der Waals surface area contributed by atoms with Gasteiger partial charge in [-0.15, -0.1) is 0 Å². The van der Waals surface area contributed by atoms with Crippen LogP contribution in [0.15, 0.2) is 66.7 Å². The maximum Gasteiger partial charge on any atom is 0.259 e. The highest BCUT2D eigenvalue weighted by Crippen LogP contribution is 2.25. The van der Waals surface area contributed by atoms with E-state index in [9.17, 15) is 13.2 Å². The number of ether oxygens (including phenoxy) is 1. The quantitative estimate of drug-likeness (QED) is 0.526. The van der Waals surface area contributed by atoms with E-state index in [2.05, 4.69) is 5.32 Å². The molecule has 0 aliphatic carbocycles. The summed E-state index contributed by atoms with van der Waals surface area (Å²) in [5.74, 6) is 0.225. The molecule has 0 aromatic heterocycles. The van der Waals surface area contributed by atoms with E-state index in [0.29, 0.717) is 22.7 Å². The van der Waals surface area contributed by atoms with Gasteiger partial charge in [-0.2, -0.15) is 0 Å². The van der Waals surface area contributed by atoms with Gasteiger partial charge in [-0.25, -0.2) is 8.42 Å². The van der Waals surface area contributed by atoms with Gasteiger partial charge in [-0.05, 0) is 73.9 Å². The zero-order valence-corrected chi connectivity index (χ0v) is 19.6. The van der Waals surface area contributed by atoms with Gasteiger partial charge in [0.05, 0.1) is 30.7 Å². The Labute approximate surface area is 189 Å². The minimum Gasteiger partial charge on any atom is -0.496 e. The number of anilines is 2. The second kappa shape index (κ2) is 9.87. The van der Waals surface area contributed by atoms with Gasteiger partial charge in [0.2, 0.25) is 10.0 Å². The van der Waals surface area contributed by atoms with Crippen molar-refractivity contribution in [2.75, 3.05) is 22.5 Å². The number of aryl methyl sites for hydroxylation is 2. The minimum absolute atomic E-state index is 0.00692. The first kappa shape index (κ1) is 23.3. The molecule has 1 N–H and O–H groups in total. The Bertz CT molecular complexity index is 1200. The van der Waals surface area contributed by atoms with Crippen molar-refractivity contribution < 1.29 is 17.9 Å². The van der Waals surface area contributed by atoms with Crippen molar-refractivity contribution in [3.8, 4) is 5.75 Å². The number of benzene rings is 3. The normalized spacial score (nSPS) is 11.1. The first-order valence-electron chi connectivity index (χ1n) is 10.4. The van der Waals surface area contributed by atoms with Crippen LogP contribution in [0.25, 0.3) is 0 Å². The molecule has 3 aromatic carbocycles. The van der Waals surface area contributed by atoms with E-state index in [1.54, 1.807) is 43.3 Å². The van der Waals surface area contributed by atoms with Gasteiger partial charge in [-0.3, -0.25) is 9.10 Å². The molecule has 0 radical (unpaired) electrons. The maximum atomic E-state index is 12.8. The van der Waals surface area contributed by atoms with E-state index in [-0.39, 0.29) is 18.2 Å². The minimum atomic E-state index is -3.46. The first-order chi connectivity index (χ1) is 15.2. The Hall–Kier alpha value is -3.32. The molecule has 0 saturated heterocycles. The second-order valence-electron chi connectivity index (χ2n) is 7.53. The van der Waals surface area contributed by atoms with Crippen LogP contribution >= 0.6 is 0 Å². The monoisotopic (exact) mass is 452 g/mol. The summed E-state index contributed by atoms with van der Waals surface area (Å²) in [7, 11) is -1.94. The standard InChI is InChI=1S/C25H28N2O4S/c1-5-32(29,30)27(22-15-10-18(2)19(3)16-22)17-20-11-13-21(14-12-20)26-25(28)23-8-6-7-9-24(23)31-4/h6-16H,5,17H2,1-4H3,(H,26,28). The fourth-order valence-electron chi connectivity index (χ4n) is 3.28. The van der Waals surface area contributed by atoms with Crippen molar-refractivity contribution in [2.45, 2.75) is 27.3 Å². The molecule has 0 saturated carbocycles. The lowest BCUT2D eigenvalue weighted by atomic mass is 10.1. The number of carbonyl (C=O) groups is 1. The molecule has 0 aliphatic heterocycles. The number of nitrogens with one attached hydrogen (secondary N) is 1. The molecular weight excluding hydrogens is 424 g/mol. The van der Waals surface area contributed by atoms with E-state index in [1.165, 1.54) is 11.4 Å². The molecule has 3 aromatic rings. The van der Waals surface area contributed by atoms with E-state index in [4.69, 9.17) is 4.74 Å². The summed E-state index contributed by atoms with van der Waals surface area (Å²) in [5.41, 5.74) is 4.65. The van der Waals surface area contributed by atoms with Crippen LogP contribution in [0.4, 0.5) is 11.4 Å². The SMILES string of the molecule is CCS(=O)(=O)N(Cc1ccc(NC(=O)c2ccccc2OC)cc1)c1ccc(C)c(C)c1. The number of amides is 1. The van der Waals surface area contributed by atoms with Crippen LogP contribution in [0.2, 0.25) is 0 Å². The van der Waals surface area contributed by atoms with Crippen molar-refractivity contribution in [1.29, 1.82) is 0 Å². The summed E-state index contributed by atoms with van der Waals surface area (Å²) in [4.78, 5) is 12.6. The largest absolute Gasteiger partial charge is 0.496 e. The Balaban J connectivity index is 1.80. The summed E-state index contributed by atoms with van der Waals surface area (Å²) in [6.45, 7) is 5.81. The van der Waals surface area contributed by atoms with Crippen LogP contribution in [-0.4, -0.2) is 27.2 Å². The number of nitrogens with zero attached hydrogens (tertiary/aromatic N) is 1. The van der Waals surface area contributed by atoms with E-state index < -0.39 is 10.0 Å². The van der Waals surface area contributed by atoms with Gasteiger partial charge in [0.15, 0.2) is 0 Å². The Kier molecular flexibility index (Phi) is 7.20. The molecule has 6 nitrogen and oxygen atoms in total.